The summed E-state index contributed by atoms with van der Waals surface area (Å²) < 4.78 is 11.5. The topological polar surface area (TPSA) is 76.7 Å². The van der Waals surface area contributed by atoms with Crippen LogP contribution >= 0.6 is 0 Å². The average molecular weight is 437 g/mol. The van der Waals surface area contributed by atoms with Gasteiger partial charge in [-0.15, -0.1) is 0 Å². The lowest BCUT2D eigenvalue weighted by atomic mass is 9.68. The number of imide groups is 1. The molecule has 0 aliphatic heterocycles. The highest BCUT2D eigenvalue weighted by atomic mass is 16.5. The molecule has 6 heteroatoms. The van der Waals surface area contributed by atoms with Crippen LogP contribution in [0.15, 0.2) is 42.5 Å². The number of carbonyl (C=O) groups is 2. The van der Waals surface area contributed by atoms with Crippen molar-refractivity contribution < 1.29 is 19.1 Å². The standard InChI is InChI=1S/C26H32N2O4/c1-17(2)32-21-9-11-26(12-10-21)15-20-8-7-19(18-5-4-6-22(13-18)31-3)14-23(20)24(26)28-25(30)27-16-29/h4-8,13-14,16-17,21,24H,9-12,15H2,1-3H3,(H2,27,28,29,30)/t21-,24?,26-. The van der Waals surface area contributed by atoms with Gasteiger partial charge in [-0.1, -0.05) is 24.3 Å². The lowest BCUT2D eigenvalue weighted by Crippen LogP contribution is -2.45. The minimum Gasteiger partial charge on any atom is -0.497 e. The van der Waals surface area contributed by atoms with Crippen LogP contribution < -0.4 is 15.4 Å². The molecule has 1 saturated carbocycles. The number of methoxy groups -OCH3 is 1. The summed E-state index contributed by atoms with van der Waals surface area (Å²) in [6, 6.07) is 13.9. The summed E-state index contributed by atoms with van der Waals surface area (Å²) in [5.41, 5.74) is 4.48. The van der Waals surface area contributed by atoms with Gasteiger partial charge in [0.25, 0.3) is 0 Å². The first-order chi connectivity index (χ1) is 15.4. The van der Waals surface area contributed by atoms with Gasteiger partial charge in [0.05, 0.1) is 25.4 Å². The van der Waals surface area contributed by atoms with Gasteiger partial charge < -0.3 is 14.8 Å². The first-order valence-electron chi connectivity index (χ1n) is 11.4. The van der Waals surface area contributed by atoms with Crippen LogP contribution in [0.3, 0.4) is 0 Å². The second-order valence-corrected chi connectivity index (χ2v) is 9.24. The maximum absolute atomic E-state index is 12.4. The third-order valence-electron chi connectivity index (χ3n) is 6.87. The Balaban J connectivity index is 1.65. The van der Waals surface area contributed by atoms with Gasteiger partial charge in [0.15, 0.2) is 0 Å². The van der Waals surface area contributed by atoms with Crippen molar-refractivity contribution >= 4 is 12.4 Å². The van der Waals surface area contributed by atoms with Crippen LogP contribution in [0.25, 0.3) is 11.1 Å². The van der Waals surface area contributed by atoms with Crippen molar-refractivity contribution in [2.45, 2.75) is 64.2 Å². The molecule has 6 nitrogen and oxygen atoms in total. The van der Waals surface area contributed by atoms with Gasteiger partial charge in [0.2, 0.25) is 6.41 Å². The van der Waals surface area contributed by atoms with Gasteiger partial charge in [0.1, 0.15) is 5.75 Å². The first-order valence-corrected chi connectivity index (χ1v) is 11.4. The van der Waals surface area contributed by atoms with Crippen LogP contribution in [0.5, 0.6) is 5.75 Å². The molecule has 4 rings (SSSR count). The summed E-state index contributed by atoms with van der Waals surface area (Å²) in [5, 5.41) is 5.36. The highest BCUT2D eigenvalue weighted by Gasteiger charge is 2.48. The van der Waals surface area contributed by atoms with E-state index >= 15 is 0 Å². The van der Waals surface area contributed by atoms with E-state index in [-0.39, 0.29) is 23.7 Å². The van der Waals surface area contributed by atoms with Crippen molar-refractivity contribution in [1.29, 1.82) is 0 Å². The Morgan fingerprint density at radius 3 is 2.56 bits per heavy atom. The van der Waals surface area contributed by atoms with Crippen LogP contribution in [-0.2, 0) is 16.0 Å². The van der Waals surface area contributed by atoms with Crippen molar-refractivity contribution in [2.75, 3.05) is 7.11 Å². The Morgan fingerprint density at radius 2 is 1.88 bits per heavy atom. The molecule has 0 aromatic heterocycles. The number of benzene rings is 2. The van der Waals surface area contributed by atoms with Crippen molar-refractivity contribution in [3.05, 3.63) is 53.6 Å². The van der Waals surface area contributed by atoms with Crippen LogP contribution in [-0.4, -0.2) is 31.8 Å². The van der Waals surface area contributed by atoms with Crippen molar-refractivity contribution in [3.63, 3.8) is 0 Å². The molecule has 2 N–H and O–H groups in total. The van der Waals surface area contributed by atoms with Crippen molar-refractivity contribution in [1.82, 2.24) is 10.6 Å². The van der Waals surface area contributed by atoms with Crippen molar-refractivity contribution in [3.8, 4) is 16.9 Å². The average Bonchev–Trinajstić information content (AvgIpc) is 3.07. The zero-order chi connectivity index (χ0) is 22.7. The molecule has 0 heterocycles. The lowest BCUT2D eigenvalue weighted by molar-refractivity contribution is -0.108. The number of hydrogen-bond acceptors (Lipinski definition) is 4. The summed E-state index contributed by atoms with van der Waals surface area (Å²) in [4.78, 5) is 23.2. The highest BCUT2D eigenvalue weighted by molar-refractivity contribution is 5.85. The Hall–Kier alpha value is -2.86. The normalized spacial score (nSPS) is 24.2. The molecule has 32 heavy (non-hydrogen) atoms. The van der Waals surface area contributed by atoms with E-state index in [4.69, 9.17) is 9.47 Å². The predicted octanol–water partition coefficient (Wildman–Crippen LogP) is 4.77. The zero-order valence-electron chi connectivity index (χ0n) is 19.0. The number of hydrogen-bond donors (Lipinski definition) is 2. The minimum absolute atomic E-state index is 0.0631. The molecule has 0 bridgehead atoms. The fourth-order valence-corrected chi connectivity index (χ4v) is 5.43. The highest BCUT2D eigenvalue weighted by Crippen LogP contribution is 2.55. The number of urea groups is 1. The van der Waals surface area contributed by atoms with Crippen LogP contribution in [0.4, 0.5) is 4.79 Å². The number of fused-ring (bicyclic) bond motifs is 1. The Labute approximate surface area is 189 Å². The van der Waals surface area contributed by atoms with Gasteiger partial charge in [0, 0.05) is 0 Å². The van der Waals surface area contributed by atoms with E-state index in [1.165, 1.54) is 5.56 Å². The van der Waals surface area contributed by atoms with Crippen LogP contribution in [0.2, 0.25) is 0 Å². The fraction of sp³-hybridized carbons (Fsp3) is 0.462. The van der Waals surface area contributed by atoms with Crippen LogP contribution in [0, 0.1) is 5.41 Å². The summed E-state index contributed by atoms with van der Waals surface area (Å²) in [7, 11) is 1.66. The Morgan fingerprint density at radius 1 is 1.12 bits per heavy atom. The van der Waals surface area contributed by atoms with E-state index in [1.807, 2.05) is 18.2 Å². The quantitative estimate of drug-likeness (QED) is 0.640. The van der Waals surface area contributed by atoms with E-state index in [2.05, 4.69) is 48.7 Å². The fourth-order valence-electron chi connectivity index (χ4n) is 5.43. The minimum atomic E-state index is -0.454. The van der Waals surface area contributed by atoms with E-state index in [1.54, 1.807) is 7.11 Å². The van der Waals surface area contributed by atoms with E-state index < -0.39 is 6.03 Å². The zero-order valence-corrected chi connectivity index (χ0v) is 19.0. The molecule has 1 fully saturated rings. The van der Waals surface area contributed by atoms with E-state index in [0.29, 0.717) is 6.41 Å². The molecular formula is C26H32N2O4. The number of ether oxygens (including phenoxy) is 2. The molecule has 1 spiro atoms. The first kappa shape index (κ1) is 22.3. The maximum Gasteiger partial charge on any atom is 0.321 e. The molecule has 3 amide bonds. The monoisotopic (exact) mass is 436 g/mol. The van der Waals surface area contributed by atoms with Crippen molar-refractivity contribution in [2.24, 2.45) is 5.41 Å². The summed E-state index contributed by atoms with van der Waals surface area (Å²) >= 11 is 0. The van der Waals surface area contributed by atoms with E-state index in [9.17, 15) is 9.59 Å². The number of carbonyl (C=O) groups excluding carboxylic acids is 2. The van der Waals surface area contributed by atoms with Gasteiger partial charge >= 0.3 is 6.03 Å². The van der Waals surface area contributed by atoms with Gasteiger partial charge in [-0.25, -0.2) is 4.79 Å². The molecule has 2 aliphatic carbocycles. The Kier molecular flexibility index (Phi) is 6.51. The molecule has 2 aromatic carbocycles. The van der Waals surface area contributed by atoms with Gasteiger partial charge in [-0.05, 0) is 91.8 Å². The summed E-state index contributed by atoms with van der Waals surface area (Å²) in [5.74, 6) is 0.808. The third-order valence-corrected chi connectivity index (χ3v) is 6.87. The van der Waals surface area contributed by atoms with Gasteiger partial charge in [-0.3, -0.25) is 10.1 Å². The second-order valence-electron chi connectivity index (χ2n) is 9.24. The summed E-state index contributed by atoms with van der Waals surface area (Å²) in [6.45, 7) is 4.15. The SMILES string of the molecule is COc1cccc(-c2ccc3c(c2)C(NC(=O)NC=O)[C@]2(CC[C@H](OC(C)C)CC2)C3)c1. The molecule has 2 aliphatic rings. The Bertz CT molecular complexity index is 980. The van der Waals surface area contributed by atoms with E-state index in [0.717, 1.165) is 54.5 Å². The van der Waals surface area contributed by atoms with Crippen LogP contribution in [0.1, 0.15) is 56.7 Å². The molecule has 2 aromatic rings. The number of amides is 3. The number of rotatable bonds is 6. The second kappa shape index (κ2) is 9.33. The largest absolute Gasteiger partial charge is 0.497 e. The third kappa shape index (κ3) is 4.51. The molecule has 0 saturated heterocycles. The van der Waals surface area contributed by atoms with Gasteiger partial charge in [-0.2, -0.15) is 0 Å². The molecule has 1 atom stereocenters. The molecular weight excluding hydrogens is 404 g/mol. The lowest BCUT2D eigenvalue weighted by Gasteiger charge is -2.42. The molecule has 0 radical (unpaired) electrons. The smallest absolute Gasteiger partial charge is 0.321 e. The number of nitrogens with one attached hydrogen (secondary N) is 2. The summed E-state index contributed by atoms with van der Waals surface area (Å²) in [6.07, 6.45) is 5.72. The predicted molar refractivity (Wildman–Crippen MR) is 124 cm³/mol. The molecule has 1 unspecified atom stereocenters. The molecule has 170 valence electrons. The maximum atomic E-state index is 12.4.